The molecule has 9 heteroatoms. The van der Waals surface area contributed by atoms with Gasteiger partial charge in [0, 0.05) is 19.1 Å². The fraction of sp³-hybridized carbons (Fsp3) is 0.714. The Morgan fingerprint density at radius 3 is 2.35 bits per heavy atom. The third-order valence-electron chi connectivity index (χ3n) is 4.26. The molecule has 1 saturated heterocycles. The highest BCUT2D eigenvalue weighted by molar-refractivity contribution is 7.87. The van der Waals surface area contributed by atoms with Crippen molar-refractivity contribution in [3.63, 3.8) is 0 Å². The summed E-state index contributed by atoms with van der Waals surface area (Å²) in [6.45, 7) is 1.21. The number of halogens is 1. The standard InChI is InChI=1S/C14H21FN4O3S/c15-11-9-16-14(17-10-11)22-13-5-3-12(4-6-13)18-23(20,21)19-7-1-2-8-19/h9-10,12-13,18H,1-8H2. The summed E-state index contributed by atoms with van der Waals surface area (Å²) in [5, 5.41) is 0. The van der Waals surface area contributed by atoms with Gasteiger partial charge in [-0.15, -0.1) is 0 Å². The van der Waals surface area contributed by atoms with Crippen LogP contribution in [-0.2, 0) is 10.2 Å². The van der Waals surface area contributed by atoms with Crippen LogP contribution in [0, 0.1) is 5.82 Å². The maximum absolute atomic E-state index is 12.8. The van der Waals surface area contributed by atoms with Crippen LogP contribution in [0.1, 0.15) is 38.5 Å². The van der Waals surface area contributed by atoms with Gasteiger partial charge in [0.25, 0.3) is 10.2 Å². The molecule has 2 heterocycles. The summed E-state index contributed by atoms with van der Waals surface area (Å²) in [6.07, 6.45) is 6.78. The van der Waals surface area contributed by atoms with Gasteiger partial charge in [-0.25, -0.2) is 14.4 Å². The summed E-state index contributed by atoms with van der Waals surface area (Å²) >= 11 is 0. The molecule has 1 aromatic rings. The lowest BCUT2D eigenvalue weighted by atomic mass is 9.94. The zero-order valence-electron chi connectivity index (χ0n) is 12.8. The summed E-state index contributed by atoms with van der Waals surface area (Å²) in [4.78, 5) is 7.55. The van der Waals surface area contributed by atoms with Crippen LogP contribution in [0.25, 0.3) is 0 Å². The van der Waals surface area contributed by atoms with E-state index in [0.29, 0.717) is 38.8 Å². The van der Waals surface area contributed by atoms with E-state index in [0.717, 1.165) is 25.2 Å². The topological polar surface area (TPSA) is 84.4 Å². The largest absolute Gasteiger partial charge is 0.460 e. The maximum atomic E-state index is 12.8. The van der Waals surface area contributed by atoms with E-state index >= 15 is 0 Å². The van der Waals surface area contributed by atoms with E-state index in [9.17, 15) is 12.8 Å². The van der Waals surface area contributed by atoms with Crippen LogP contribution in [0.15, 0.2) is 12.4 Å². The van der Waals surface area contributed by atoms with Gasteiger partial charge in [-0.2, -0.15) is 17.4 Å². The van der Waals surface area contributed by atoms with E-state index in [1.807, 2.05) is 0 Å². The molecule has 7 nitrogen and oxygen atoms in total. The van der Waals surface area contributed by atoms with Gasteiger partial charge in [-0.1, -0.05) is 0 Å². The lowest BCUT2D eigenvalue weighted by molar-refractivity contribution is 0.131. The molecule has 2 fully saturated rings. The van der Waals surface area contributed by atoms with Crippen molar-refractivity contribution in [1.29, 1.82) is 0 Å². The van der Waals surface area contributed by atoms with Crippen molar-refractivity contribution in [2.24, 2.45) is 0 Å². The van der Waals surface area contributed by atoms with Crippen molar-refractivity contribution in [1.82, 2.24) is 19.0 Å². The molecule has 0 aromatic carbocycles. The van der Waals surface area contributed by atoms with Gasteiger partial charge in [0.1, 0.15) is 6.10 Å². The van der Waals surface area contributed by atoms with Gasteiger partial charge in [-0.05, 0) is 38.5 Å². The minimum Gasteiger partial charge on any atom is -0.460 e. The van der Waals surface area contributed by atoms with Crippen LogP contribution in [0.3, 0.4) is 0 Å². The zero-order chi connectivity index (χ0) is 16.3. The lowest BCUT2D eigenvalue weighted by Gasteiger charge is -2.29. The summed E-state index contributed by atoms with van der Waals surface area (Å²) in [7, 11) is -3.36. The highest BCUT2D eigenvalue weighted by Gasteiger charge is 2.30. The van der Waals surface area contributed by atoms with Crippen molar-refractivity contribution < 1.29 is 17.5 Å². The third-order valence-corrected chi connectivity index (χ3v) is 5.94. The van der Waals surface area contributed by atoms with Crippen molar-refractivity contribution in [3.8, 4) is 6.01 Å². The second kappa shape index (κ2) is 7.06. The Kier molecular flexibility index (Phi) is 5.08. The van der Waals surface area contributed by atoms with E-state index < -0.39 is 16.0 Å². The van der Waals surface area contributed by atoms with Crippen LogP contribution in [0.5, 0.6) is 6.01 Å². The molecule has 1 saturated carbocycles. The molecule has 23 heavy (non-hydrogen) atoms. The van der Waals surface area contributed by atoms with E-state index in [1.165, 1.54) is 4.31 Å². The van der Waals surface area contributed by atoms with E-state index in [4.69, 9.17) is 4.74 Å². The molecule has 1 aromatic heterocycles. The van der Waals surface area contributed by atoms with Gasteiger partial charge < -0.3 is 4.74 Å². The number of rotatable bonds is 5. The smallest absolute Gasteiger partial charge is 0.316 e. The molecule has 1 aliphatic carbocycles. The molecular formula is C14H21FN4O3S. The van der Waals surface area contributed by atoms with E-state index in [1.54, 1.807) is 0 Å². The molecule has 128 valence electrons. The second-order valence-corrected chi connectivity index (χ2v) is 7.71. The predicted molar refractivity (Wildman–Crippen MR) is 81.5 cm³/mol. The van der Waals surface area contributed by atoms with Gasteiger partial charge in [-0.3, -0.25) is 0 Å². The SMILES string of the molecule is O=S(=O)(NC1CCC(Oc2ncc(F)cn2)CC1)N1CCCC1. The average Bonchev–Trinajstić information content (AvgIpc) is 3.07. The minimum atomic E-state index is -3.36. The Hall–Kier alpha value is -1.32. The number of hydrogen-bond donors (Lipinski definition) is 1. The Bertz CT molecular complexity index is 611. The molecule has 0 spiro atoms. The average molecular weight is 344 g/mol. The van der Waals surface area contributed by atoms with Crippen molar-refractivity contribution >= 4 is 10.2 Å². The minimum absolute atomic E-state index is 0.0606. The zero-order valence-corrected chi connectivity index (χ0v) is 13.6. The number of hydrogen-bond acceptors (Lipinski definition) is 5. The molecule has 0 amide bonds. The molecule has 0 unspecified atom stereocenters. The van der Waals surface area contributed by atoms with Crippen LogP contribution >= 0.6 is 0 Å². The van der Waals surface area contributed by atoms with Crippen LogP contribution in [0.4, 0.5) is 4.39 Å². The summed E-state index contributed by atoms with van der Waals surface area (Å²) < 4.78 is 47.1. The van der Waals surface area contributed by atoms with Gasteiger partial charge in [0.2, 0.25) is 0 Å². The Morgan fingerprint density at radius 2 is 1.74 bits per heavy atom. The van der Waals surface area contributed by atoms with E-state index in [2.05, 4.69) is 14.7 Å². The summed E-state index contributed by atoms with van der Waals surface area (Å²) in [6, 6.07) is 0.0992. The maximum Gasteiger partial charge on any atom is 0.316 e. The van der Waals surface area contributed by atoms with Gasteiger partial charge >= 0.3 is 6.01 Å². The highest BCUT2D eigenvalue weighted by Crippen LogP contribution is 2.23. The van der Waals surface area contributed by atoms with E-state index in [-0.39, 0.29) is 18.2 Å². The molecule has 3 rings (SSSR count). The Balaban J connectivity index is 1.47. The molecule has 0 atom stereocenters. The second-order valence-electron chi connectivity index (χ2n) is 6.00. The number of ether oxygens (including phenoxy) is 1. The lowest BCUT2D eigenvalue weighted by Crippen LogP contribution is -2.46. The molecule has 0 bridgehead atoms. The first-order valence-corrected chi connectivity index (χ1v) is 9.38. The first-order valence-electron chi connectivity index (χ1n) is 7.94. The van der Waals surface area contributed by atoms with Gasteiger partial charge in [0.15, 0.2) is 5.82 Å². The number of aromatic nitrogens is 2. The van der Waals surface area contributed by atoms with Crippen molar-refractivity contribution in [2.45, 2.75) is 50.7 Å². The molecule has 1 N–H and O–H groups in total. The number of nitrogens with one attached hydrogen (secondary N) is 1. The molecular weight excluding hydrogens is 323 g/mol. The van der Waals surface area contributed by atoms with Crippen LogP contribution < -0.4 is 9.46 Å². The summed E-state index contributed by atoms with van der Waals surface area (Å²) in [5.41, 5.74) is 0. The normalized spacial score (nSPS) is 26.3. The van der Waals surface area contributed by atoms with Crippen molar-refractivity contribution in [2.75, 3.05) is 13.1 Å². The van der Waals surface area contributed by atoms with Gasteiger partial charge in [0.05, 0.1) is 12.4 Å². The molecule has 2 aliphatic rings. The van der Waals surface area contributed by atoms with Crippen LogP contribution in [-0.4, -0.2) is 47.9 Å². The molecule has 0 radical (unpaired) electrons. The Labute approximate surface area is 135 Å². The fourth-order valence-corrected chi connectivity index (χ4v) is 4.57. The monoisotopic (exact) mass is 344 g/mol. The predicted octanol–water partition coefficient (Wildman–Crippen LogP) is 1.24. The first kappa shape index (κ1) is 16.5. The summed E-state index contributed by atoms with van der Waals surface area (Å²) in [5.74, 6) is -0.502. The van der Waals surface area contributed by atoms with Crippen LogP contribution in [0.2, 0.25) is 0 Å². The highest BCUT2D eigenvalue weighted by atomic mass is 32.2. The Morgan fingerprint density at radius 1 is 1.13 bits per heavy atom. The molecule has 1 aliphatic heterocycles. The number of nitrogens with zero attached hydrogens (tertiary/aromatic N) is 3. The van der Waals surface area contributed by atoms with Crippen molar-refractivity contribution in [3.05, 3.63) is 18.2 Å². The quantitative estimate of drug-likeness (QED) is 0.869. The first-order chi connectivity index (χ1) is 11.0. The fourth-order valence-electron chi connectivity index (χ4n) is 3.02. The third kappa shape index (κ3) is 4.36.